The summed E-state index contributed by atoms with van der Waals surface area (Å²) in [5.74, 6) is -0.0481. The number of nitrogens with zero attached hydrogens (tertiary/aromatic N) is 1. The molecule has 0 aliphatic heterocycles. The van der Waals surface area contributed by atoms with Crippen molar-refractivity contribution in [2.75, 3.05) is 0 Å². The van der Waals surface area contributed by atoms with Crippen LogP contribution in [0.25, 0.3) is 0 Å². The topological polar surface area (TPSA) is 68.0 Å². The number of amides is 1. The molecule has 2 rings (SSSR count). The third-order valence-electron chi connectivity index (χ3n) is 3.10. The SMILES string of the molecule is CCc1cnc(C(C)NC(=O)C2C=CC(N)C2)s1. The maximum atomic E-state index is 12.0. The number of hydrogen-bond donors (Lipinski definition) is 2. The Hall–Kier alpha value is -1.20. The van der Waals surface area contributed by atoms with Crippen molar-refractivity contribution in [3.8, 4) is 0 Å². The molecule has 3 N–H and O–H groups in total. The maximum Gasteiger partial charge on any atom is 0.227 e. The summed E-state index contributed by atoms with van der Waals surface area (Å²) >= 11 is 1.66. The highest BCUT2D eigenvalue weighted by molar-refractivity contribution is 7.11. The molecule has 1 aliphatic rings. The van der Waals surface area contributed by atoms with Crippen LogP contribution in [-0.4, -0.2) is 16.9 Å². The Morgan fingerprint density at radius 1 is 1.67 bits per heavy atom. The van der Waals surface area contributed by atoms with Crippen molar-refractivity contribution in [3.63, 3.8) is 0 Å². The number of carbonyl (C=O) groups excluding carboxylic acids is 1. The van der Waals surface area contributed by atoms with Gasteiger partial charge in [-0.05, 0) is 19.8 Å². The van der Waals surface area contributed by atoms with Crippen molar-refractivity contribution in [1.82, 2.24) is 10.3 Å². The first-order valence-electron chi connectivity index (χ1n) is 6.29. The number of nitrogens with two attached hydrogens (primary N) is 1. The molecule has 0 fully saturated rings. The quantitative estimate of drug-likeness (QED) is 0.816. The zero-order valence-electron chi connectivity index (χ0n) is 10.7. The molecule has 0 spiro atoms. The minimum atomic E-state index is -0.0898. The number of carbonyl (C=O) groups is 1. The smallest absolute Gasteiger partial charge is 0.227 e. The highest BCUT2D eigenvalue weighted by Gasteiger charge is 2.24. The molecule has 0 radical (unpaired) electrons. The second-order valence-electron chi connectivity index (χ2n) is 4.64. The van der Waals surface area contributed by atoms with E-state index in [1.54, 1.807) is 11.3 Å². The van der Waals surface area contributed by atoms with E-state index in [0.29, 0.717) is 6.42 Å². The van der Waals surface area contributed by atoms with Gasteiger partial charge in [-0.15, -0.1) is 11.3 Å². The lowest BCUT2D eigenvalue weighted by molar-refractivity contribution is -0.124. The van der Waals surface area contributed by atoms with Gasteiger partial charge in [-0.1, -0.05) is 19.1 Å². The first-order valence-corrected chi connectivity index (χ1v) is 7.10. The van der Waals surface area contributed by atoms with Crippen LogP contribution in [0.4, 0.5) is 0 Å². The Labute approximate surface area is 111 Å². The highest BCUT2D eigenvalue weighted by atomic mass is 32.1. The summed E-state index contributed by atoms with van der Waals surface area (Å²) in [5, 5.41) is 3.96. The third kappa shape index (κ3) is 2.97. The van der Waals surface area contributed by atoms with Gasteiger partial charge in [-0.2, -0.15) is 0 Å². The third-order valence-corrected chi connectivity index (χ3v) is 4.43. The lowest BCUT2D eigenvalue weighted by atomic mass is 10.1. The molecule has 1 heterocycles. The molecule has 1 amide bonds. The van der Waals surface area contributed by atoms with Gasteiger partial charge in [-0.3, -0.25) is 4.79 Å². The number of aromatic nitrogens is 1. The van der Waals surface area contributed by atoms with Crippen LogP contribution in [0.3, 0.4) is 0 Å². The average molecular weight is 265 g/mol. The summed E-state index contributed by atoms with van der Waals surface area (Å²) in [6.07, 6.45) is 7.36. The normalized spacial score (nSPS) is 24.2. The van der Waals surface area contributed by atoms with E-state index in [4.69, 9.17) is 5.73 Å². The predicted molar refractivity (Wildman–Crippen MR) is 73.3 cm³/mol. The Bertz CT molecular complexity index is 455. The number of nitrogens with one attached hydrogen (secondary N) is 1. The van der Waals surface area contributed by atoms with Gasteiger partial charge in [0.15, 0.2) is 0 Å². The Morgan fingerprint density at radius 3 is 3.00 bits per heavy atom. The predicted octanol–water partition coefficient (Wildman–Crippen LogP) is 1.79. The van der Waals surface area contributed by atoms with Crippen molar-refractivity contribution in [2.45, 2.75) is 38.8 Å². The van der Waals surface area contributed by atoms with E-state index in [1.807, 2.05) is 25.3 Å². The van der Waals surface area contributed by atoms with Gasteiger partial charge < -0.3 is 11.1 Å². The molecule has 1 aromatic heterocycles. The molecular weight excluding hydrogens is 246 g/mol. The molecule has 18 heavy (non-hydrogen) atoms. The van der Waals surface area contributed by atoms with Gasteiger partial charge in [-0.25, -0.2) is 4.98 Å². The van der Waals surface area contributed by atoms with Gasteiger partial charge in [0.05, 0.1) is 12.0 Å². The fraction of sp³-hybridized carbons (Fsp3) is 0.538. The van der Waals surface area contributed by atoms with E-state index in [0.717, 1.165) is 11.4 Å². The van der Waals surface area contributed by atoms with Crippen LogP contribution in [0.2, 0.25) is 0 Å². The summed E-state index contributed by atoms with van der Waals surface area (Å²) in [4.78, 5) is 17.6. The molecule has 4 nitrogen and oxygen atoms in total. The number of hydrogen-bond acceptors (Lipinski definition) is 4. The van der Waals surface area contributed by atoms with Crippen LogP contribution in [-0.2, 0) is 11.2 Å². The standard InChI is InChI=1S/C13H19N3OS/c1-3-11-7-15-13(18-11)8(2)16-12(17)9-4-5-10(14)6-9/h4-5,7-10H,3,6,14H2,1-2H3,(H,16,17). The molecule has 0 aromatic carbocycles. The number of aryl methyl sites for hydroxylation is 1. The van der Waals surface area contributed by atoms with Gasteiger partial charge in [0.1, 0.15) is 5.01 Å². The molecule has 0 saturated carbocycles. The van der Waals surface area contributed by atoms with E-state index < -0.39 is 0 Å². The summed E-state index contributed by atoms with van der Waals surface area (Å²) in [5.41, 5.74) is 5.75. The van der Waals surface area contributed by atoms with E-state index in [1.165, 1.54) is 4.88 Å². The van der Waals surface area contributed by atoms with Crippen molar-refractivity contribution in [2.24, 2.45) is 11.7 Å². The molecular formula is C13H19N3OS. The lowest BCUT2D eigenvalue weighted by Crippen LogP contribution is -2.32. The highest BCUT2D eigenvalue weighted by Crippen LogP contribution is 2.22. The zero-order valence-corrected chi connectivity index (χ0v) is 11.5. The van der Waals surface area contributed by atoms with Gasteiger partial charge in [0.25, 0.3) is 0 Å². The van der Waals surface area contributed by atoms with Crippen LogP contribution in [0.5, 0.6) is 0 Å². The van der Waals surface area contributed by atoms with Crippen molar-refractivity contribution < 1.29 is 4.79 Å². The van der Waals surface area contributed by atoms with Crippen molar-refractivity contribution in [1.29, 1.82) is 0 Å². The fourth-order valence-corrected chi connectivity index (χ4v) is 2.85. The minimum Gasteiger partial charge on any atom is -0.347 e. The average Bonchev–Trinajstić information content (AvgIpc) is 2.97. The van der Waals surface area contributed by atoms with Crippen LogP contribution in [0.15, 0.2) is 18.3 Å². The molecule has 98 valence electrons. The second-order valence-corrected chi connectivity index (χ2v) is 5.79. The summed E-state index contributed by atoms with van der Waals surface area (Å²) in [7, 11) is 0. The van der Waals surface area contributed by atoms with E-state index >= 15 is 0 Å². The van der Waals surface area contributed by atoms with Crippen LogP contribution in [0, 0.1) is 5.92 Å². The molecule has 3 atom stereocenters. The molecule has 0 bridgehead atoms. The van der Waals surface area contributed by atoms with E-state index in [2.05, 4.69) is 17.2 Å². The van der Waals surface area contributed by atoms with Crippen molar-refractivity contribution in [3.05, 3.63) is 28.2 Å². The van der Waals surface area contributed by atoms with Crippen LogP contribution in [0.1, 0.15) is 36.2 Å². The Morgan fingerprint density at radius 2 is 2.44 bits per heavy atom. The van der Waals surface area contributed by atoms with Crippen LogP contribution < -0.4 is 11.1 Å². The lowest BCUT2D eigenvalue weighted by Gasteiger charge is -2.14. The van der Waals surface area contributed by atoms with E-state index in [-0.39, 0.29) is 23.9 Å². The summed E-state index contributed by atoms with van der Waals surface area (Å²) < 4.78 is 0. The van der Waals surface area contributed by atoms with E-state index in [9.17, 15) is 4.79 Å². The monoisotopic (exact) mass is 265 g/mol. The minimum absolute atomic E-state index is 0.0163. The second kappa shape index (κ2) is 5.63. The molecule has 5 heteroatoms. The zero-order chi connectivity index (χ0) is 13.1. The largest absolute Gasteiger partial charge is 0.347 e. The van der Waals surface area contributed by atoms with Gasteiger partial charge in [0, 0.05) is 17.1 Å². The molecule has 3 unspecified atom stereocenters. The fourth-order valence-electron chi connectivity index (χ4n) is 1.99. The number of rotatable bonds is 4. The number of thiazole rings is 1. The molecule has 1 aromatic rings. The molecule has 0 saturated heterocycles. The Balaban J connectivity index is 1.92. The van der Waals surface area contributed by atoms with Crippen molar-refractivity contribution >= 4 is 17.2 Å². The van der Waals surface area contributed by atoms with Gasteiger partial charge in [0.2, 0.25) is 5.91 Å². The molecule has 1 aliphatic carbocycles. The first-order chi connectivity index (χ1) is 8.60. The van der Waals surface area contributed by atoms with Gasteiger partial charge >= 0.3 is 0 Å². The Kier molecular flexibility index (Phi) is 4.14. The maximum absolute atomic E-state index is 12.0. The van der Waals surface area contributed by atoms with Crippen LogP contribution >= 0.6 is 11.3 Å². The summed E-state index contributed by atoms with van der Waals surface area (Å²) in [6, 6.07) is -0.0179. The summed E-state index contributed by atoms with van der Waals surface area (Å²) in [6.45, 7) is 4.07. The first kappa shape index (κ1) is 13.2.